The van der Waals surface area contributed by atoms with E-state index in [0.29, 0.717) is 5.52 Å². The van der Waals surface area contributed by atoms with Crippen LogP contribution >= 0.6 is 15.9 Å². The summed E-state index contributed by atoms with van der Waals surface area (Å²) in [5, 5.41) is 0. The van der Waals surface area contributed by atoms with Crippen LogP contribution < -0.4 is 9.47 Å². The van der Waals surface area contributed by atoms with Crippen LogP contribution in [0.2, 0.25) is 0 Å². The van der Waals surface area contributed by atoms with Crippen LogP contribution in [0.5, 0.6) is 11.5 Å². The highest BCUT2D eigenvalue weighted by Crippen LogP contribution is 2.08. The Morgan fingerprint density at radius 3 is 1.65 bits per heavy atom. The molecule has 0 N–H and O–H groups in total. The molecule has 0 bridgehead atoms. The van der Waals surface area contributed by atoms with Gasteiger partial charge in [0, 0.05) is 0 Å². The van der Waals surface area contributed by atoms with Crippen molar-refractivity contribution in [3.8, 4) is 11.5 Å². The summed E-state index contributed by atoms with van der Waals surface area (Å²) in [5.74, 6) is 1.81. The third-order valence-corrected chi connectivity index (χ3v) is 2.17. The van der Waals surface area contributed by atoms with E-state index in [-0.39, 0.29) is 0 Å². The Morgan fingerprint density at radius 2 is 1.29 bits per heavy atom. The molecule has 0 aliphatic carbocycles. The predicted molar refractivity (Wildman–Crippen MR) is 73.9 cm³/mol. The minimum Gasteiger partial charge on any atom is -0.497 e. The first kappa shape index (κ1) is 13.6. The first-order chi connectivity index (χ1) is 8.36. The molecule has 90 valence electrons. The molecule has 0 spiro atoms. The molecule has 0 aliphatic heterocycles. The van der Waals surface area contributed by atoms with Gasteiger partial charge in [0.1, 0.15) is 17.0 Å². The summed E-state index contributed by atoms with van der Waals surface area (Å²) in [6.07, 6.45) is 0. The van der Waals surface area contributed by atoms with Crippen molar-refractivity contribution in [3.63, 3.8) is 0 Å². The topological polar surface area (TPSA) is 18.5 Å². The Kier molecular flexibility index (Phi) is 6.91. The summed E-state index contributed by atoms with van der Waals surface area (Å²) in [7, 11) is 1.66. The highest BCUT2D eigenvalue weighted by Gasteiger charge is 1.84. The van der Waals surface area contributed by atoms with Gasteiger partial charge in [0.15, 0.2) is 0 Å². The van der Waals surface area contributed by atoms with Crippen LogP contribution in [-0.2, 0) is 0 Å². The Morgan fingerprint density at radius 1 is 0.824 bits per heavy atom. The lowest BCUT2D eigenvalue weighted by atomic mass is 10.3. The Labute approximate surface area is 110 Å². The molecule has 0 heterocycles. The Balaban J connectivity index is 0.000000171. The number of para-hydroxylation sites is 2. The molecule has 2 aromatic carbocycles. The van der Waals surface area contributed by atoms with E-state index >= 15 is 0 Å². The van der Waals surface area contributed by atoms with Crippen LogP contribution in [0.15, 0.2) is 60.7 Å². The maximum Gasteiger partial charge on any atom is 0.143 e. The van der Waals surface area contributed by atoms with Crippen molar-refractivity contribution in [2.24, 2.45) is 0 Å². The van der Waals surface area contributed by atoms with Crippen molar-refractivity contribution in [1.29, 1.82) is 0 Å². The zero-order valence-corrected chi connectivity index (χ0v) is 11.3. The molecule has 0 unspecified atom stereocenters. The second-order valence-electron chi connectivity index (χ2n) is 3.08. The van der Waals surface area contributed by atoms with Crippen molar-refractivity contribution in [1.82, 2.24) is 0 Å². The van der Waals surface area contributed by atoms with Gasteiger partial charge in [0.05, 0.1) is 7.11 Å². The van der Waals surface area contributed by atoms with Crippen molar-refractivity contribution in [2.75, 3.05) is 12.6 Å². The molecule has 2 rings (SSSR count). The van der Waals surface area contributed by atoms with Crippen LogP contribution in [0.4, 0.5) is 0 Å². The number of benzene rings is 2. The summed E-state index contributed by atoms with van der Waals surface area (Å²) >= 11 is 3.16. The first-order valence-electron chi connectivity index (χ1n) is 5.19. The fourth-order valence-corrected chi connectivity index (χ4v) is 1.40. The molecule has 0 aliphatic rings. The maximum absolute atomic E-state index is 5.12. The normalized spacial score (nSPS) is 8.82. The number of ether oxygens (including phenoxy) is 2. The van der Waals surface area contributed by atoms with Crippen molar-refractivity contribution < 1.29 is 9.47 Å². The summed E-state index contributed by atoms with van der Waals surface area (Å²) in [6.45, 7) is 0. The lowest BCUT2D eigenvalue weighted by Gasteiger charge is -1.98. The van der Waals surface area contributed by atoms with E-state index < -0.39 is 0 Å². The molecule has 0 saturated heterocycles. The number of methoxy groups -OCH3 is 1. The average molecular weight is 295 g/mol. The van der Waals surface area contributed by atoms with E-state index in [4.69, 9.17) is 9.47 Å². The fourth-order valence-electron chi connectivity index (χ4n) is 1.14. The van der Waals surface area contributed by atoms with Crippen LogP contribution in [0.1, 0.15) is 0 Å². The molecule has 0 atom stereocenters. The Bertz CT molecular complexity index is 389. The van der Waals surface area contributed by atoms with Gasteiger partial charge < -0.3 is 9.47 Å². The quantitative estimate of drug-likeness (QED) is 0.793. The van der Waals surface area contributed by atoms with E-state index in [1.165, 1.54) is 0 Å². The van der Waals surface area contributed by atoms with E-state index in [2.05, 4.69) is 15.9 Å². The van der Waals surface area contributed by atoms with Crippen molar-refractivity contribution in [3.05, 3.63) is 60.7 Å². The predicted octanol–water partition coefficient (Wildman–Crippen LogP) is 4.11. The van der Waals surface area contributed by atoms with E-state index in [1.807, 2.05) is 60.7 Å². The largest absolute Gasteiger partial charge is 0.497 e. The zero-order chi connectivity index (χ0) is 12.3. The van der Waals surface area contributed by atoms with Crippen LogP contribution in [0.25, 0.3) is 0 Å². The molecule has 0 amide bonds. The van der Waals surface area contributed by atoms with Gasteiger partial charge in [0.25, 0.3) is 0 Å². The molecule has 3 heteroatoms. The minimum atomic E-state index is 0.553. The van der Waals surface area contributed by atoms with Crippen LogP contribution in [0.3, 0.4) is 0 Å². The monoisotopic (exact) mass is 294 g/mol. The van der Waals surface area contributed by atoms with Gasteiger partial charge >= 0.3 is 0 Å². The SMILES string of the molecule is BrCOc1ccccc1.COc1ccccc1. The van der Waals surface area contributed by atoms with Gasteiger partial charge in [-0.2, -0.15) is 0 Å². The summed E-state index contributed by atoms with van der Waals surface area (Å²) in [5.41, 5.74) is 0.553. The fraction of sp³-hybridized carbons (Fsp3) is 0.143. The lowest BCUT2D eigenvalue weighted by molar-refractivity contribution is 0.398. The minimum absolute atomic E-state index is 0.553. The number of rotatable bonds is 3. The third kappa shape index (κ3) is 5.97. The molecular formula is C14H15BrO2. The Hall–Kier alpha value is -1.48. The smallest absolute Gasteiger partial charge is 0.143 e. The van der Waals surface area contributed by atoms with Crippen molar-refractivity contribution >= 4 is 15.9 Å². The molecular weight excluding hydrogens is 280 g/mol. The standard InChI is InChI=1S/C7H7BrO.C7H8O/c8-6-9-7-4-2-1-3-5-7;1-8-7-5-3-2-4-6-7/h1-5H,6H2;2-6H,1H3. The van der Waals surface area contributed by atoms with Crippen molar-refractivity contribution in [2.45, 2.75) is 0 Å². The van der Waals surface area contributed by atoms with Gasteiger partial charge in [0.2, 0.25) is 0 Å². The van der Waals surface area contributed by atoms with Crippen LogP contribution in [0, 0.1) is 0 Å². The molecule has 0 fully saturated rings. The average Bonchev–Trinajstić information content (AvgIpc) is 2.42. The summed E-state index contributed by atoms with van der Waals surface area (Å²) < 4.78 is 10.0. The van der Waals surface area contributed by atoms with E-state index in [0.717, 1.165) is 11.5 Å². The number of hydrogen-bond acceptors (Lipinski definition) is 2. The van der Waals surface area contributed by atoms with E-state index in [1.54, 1.807) is 7.11 Å². The third-order valence-electron chi connectivity index (χ3n) is 1.94. The molecule has 2 aromatic rings. The number of alkyl halides is 1. The lowest BCUT2D eigenvalue weighted by Crippen LogP contribution is -1.86. The van der Waals surface area contributed by atoms with Gasteiger partial charge in [-0.1, -0.05) is 36.4 Å². The van der Waals surface area contributed by atoms with Gasteiger partial charge in [-0.3, -0.25) is 0 Å². The highest BCUT2D eigenvalue weighted by atomic mass is 79.9. The second kappa shape index (κ2) is 8.65. The second-order valence-corrected chi connectivity index (χ2v) is 3.54. The zero-order valence-electron chi connectivity index (χ0n) is 9.68. The maximum atomic E-state index is 5.12. The van der Waals surface area contributed by atoms with Crippen LogP contribution in [-0.4, -0.2) is 12.6 Å². The highest BCUT2D eigenvalue weighted by molar-refractivity contribution is 9.09. The number of hydrogen-bond donors (Lipinski definition) is 0. The first-order valence-corrected chi connectivity index (χ1v) is 6.32. The number of halogens is 1. The molecule has 0 radical (unpaired) electrons. The summed E-state index contributed by atoms with van der Waals surface area (Å²) in [6, 6.07) is 19.4. The van der Waals surface area contributed by atoms with Gasteiger partial charge in [-0.15, -0.1) is 0 Å². The van der Waals surface area contributed by atoms with E-state index in [9.17, 15) is 0 Å². The molecule has 0 aromatic heterocycles. The molecule has 2 nitrogen and oxygen atoms in total. The van der Waals surface area contributed by atoms with Gasteiger partial charge in [-0.25, -0.2) is 0 Å². The molecule has 0 saturated carbocycles. The van der Waals surface area contributed by atoms with Gasteiger partial charge in [-0.05, 0) is 40.2 Å². The molecule has 17 heavy (non-hydrogen) atoms. The summed E-state index contributed by atoms with van der Waals surface area (Å²) in [4.78, 5) is 0.